The highest BCUT2D eigenvalue weighted by Crippen LogP contribution is 2.41. The first-order valence-electron chi connectivity index (χ1n) is 5.77. The lowest BCUT2D eigenvalue weighted by Crippen LogP contribution is -2.31. The molecule has 18 heavy (non-hydrogen) atoms. The Hall–Kier alpha value is -1.74. The second-order valence-electron chi connectivity index (χ2n) is 4.56. The van der Waals surface area contributed by atoms with E-state index in [1.165, 1.54) is 0 Å². The Morgan fingerprint density at radius 3 is 2.56 bits per heavy atom. The second kappa shape index (κ2) is 3.89. The molecule has 90 valence electrons. The SMILES string of the molecule is O=C(O)C1(S)CC=Cc2cc3ccccc3cc21. The van der Waals surface area contributed by atoms with Crippen molar-refractivity contribution in [1.29, 1.82) is 0 Å². The van der Waals surface area contributed by atoms with Gasteiger partial charge in [0.25, 0.3) is 0 Å². The van der Waals surface area contributed by atoms with Crippen LogP contribution in [0.4, 0.5) is 0 Å². The standard InChI is InChI=1S/C15H12O2S/c16-14(17)15(18)7-3-6-12-8-10-4-1-2-5-11(10)9-13(12)15/h1-6,8-9,18H,7H2,(H,16,17). The predicted molar refractivity (Wildman–Crippen MR) is 75.9 cm³/mol. The quantitative estimate of drug-likeness (QED) is 0.767. The summed E-state index contributed by atoms with van der Waals surface area (Å²) < 4.78 is -1.12. The number of carbonyl (C=O) groups is 1. The van der Waals surface area contributed by atoms with Crippen molar-refractivity contribution in [2.24, 2.45) is 0 Å². The highest BCUT2D eigenvalue weighted by molar-refractivity contribution is 7.82. The number of rotatable bonds is 1. The first-order chi connectivity index (χ1) is 8.61. The molecule has 3 heteroatoms. The van der Waals surface area contributed by atoms with Crippen molar-refractivity contribution in [2.75, 3.05) is 0 Å². The Kier molecular flexibility index (Phi) is 2.45. The predicted octanol–water partition coefficient (Wildman–Crippen LogP) is 3.47. The molecule has 0 bridgehead atoms. The molecular formula is C15H12O2S. The Bertz CT molecular complexity index is 675. The van der Waals surface area contributed by atoms with E-state index in [0.29, 0.717) is 6.42 Å². The highest BCUT2D eigenvalue weighted by Gasteiger charge is 2.38. The van der Waals surface area contributed by atoms with Gasteiger partial charge in [0, 0.05) is 0 Å². The summed E-state index contributed by atoms with van der Waals surface area (Å²) in [5.74, 6) is -0.897. The van der Waals surface area contributed by atoms with Gasteiger partial charge in [-0.2, -0.15) is 12.6 Å². The molecule has 1 N–H and O–H groups in total. The van der Waals surface area contributed by atoms with Gasteiger partial charge in [0.2, 0.25) is 0 Å². The molecule has 2 nitrogen and oxygen atoms in total. The van der Waals surface area contributed by atoms with E-state index in [4.69, 9.17) is 0 Å². The van der Waals surface area contributed by atoms with Crippen LogP contribution in [0, 0.1) is 0 Å². The molecule has 0 amide bonds. The number of carboxylic acid groups (broad SMARTS) is 1. The number of carboxylic acids is 1. The molecule has 1 aliphatic carbocycles. The van der Waals surface area contributed by atoms with Crippen LogP contribution in [0.1, 0.15) is 17.5 Å². The van der Waals surface area contributed by atoms with Crippen LogP contribution in [0.2, 0.25) is 0 Å². The summed E-state index contributed by atoms with van der Waals surface area (Å²) in [6.45, 7) is 0. The summed E-state index contributed by atoms with van der Waals surface area (Å²) in [6, 6.07) is 11.9. The maximum atomic E-state index is 11.5. The lowest BCUT2D eigenvalue weighted by molar-refractivity contribution is -0.140. The van der Waals surface area contributed by atoms with Crippen LogP contribution in [-0.4, -0.2) is 11.1 Å². The first kappa shape index (κ1) is 11.4. The highest BCUT2D eigenvalue weighted by atomic mass is 32.1. The zero-order valence-electron chi connectivity index (χ0n) is 9.63. The lowest BCUT2D eigenvalue weighted by Gasteiger charge is -2.28. The number of benzene rings is 2. The van der Waals surface area contributed by atoms with E-state index in [0.717, 1.165) is 21.9 Å². The number of fused-ring (bicyclic) bond motifs is 2. The van der Waals surface area contributed by atoms with Gasteiger partial charge in [-0.3, -0.25) is 4.79 Å². The van der Waals surface area contributed by atoms with Crippen molar-refractivity contribution in [2.45, 2.75) is 11.2 Å². The minimum atomic E-state index is -1.12. The van der Waals surface area contributed by atoms with Gasteiger partial charge in [-0.25, -0.2) is 0 Å². The molecule has 0 heterocycles. The van der Waals surface area contributed by atoms with Gasteiger partial charge in [-0.1, -0.05) is 36.4 Å². The Morgan fingerprint density at radius 1 is 1.22 bits per heavy atom. The van der Waals surface area contributed by atoms with E-state index in [1.807, 2.05) is 48.6 Å². The van der Waals surface area contributed by atoms with Gasteiger partial charge in [-0.15, -0.1) is 0 Å². The van der Waals surface area contributed by atoms with E-state index < -0.39 is 10.7 Å². The van der Waals surface area contributed by atoms with Crippen LogP contribution in [-0.2, 0) is 9.54 Å². The maximum absolute atomic E-state index is 11.5. The number of allylic oxidation sites excluding steroid dienone is 1. The van der Waals surface area contributed by atoms with E-state index in [9.17, 15) is 9.90 Å². The molecule has 1 atom stereocenters. The topological polar surface area (TPSA) is 37.3 Å². The van der Waals surface area contributed by atoms with Gasteiger partial charge in [0.05, 0.1) is 0 Å². The molecule has 2 aromatic carbocycles. The summed E-state index contributed by atoms with van der Waals surface area (Å²) in [7, 11) is 0. The molecule has 0 aliphatic heterocycles. The smallest absolute Gasteiger partial charge is 0.324 e. The van der Waals surface area contributed by atoms with Gasteiger partial charge in [0.1, 0.15) is 4.75 Å². The van der Waals surface area contributed by atoms with Crippen LogP contribution in [0.15, 0.2) is 42.5 Å². The minimum Gasteiger partial charge on any atom is -0.480 e. The van der Waals surface area contributed by atoms with Crippen molar-refractivity contribution in [3.8, 4) is 0 Å². The van der Waals surface area contributed by atoms with Crippen LogP contribution < -0.4 is 0 Å². The molecule has 2 aromatic rings. The third-order valence-electron chi connectivity index (χ3n) is 3.43. The maximum Gasteiger partial charge on any atom is 0.324 e. The van der Waals surface area contributed by atoms with Gasteiger partial charge < -0.3 is 5.11 Å². The molecule has 1 aliphatic rings. The van der Waals surface area contributed by atoms with Crippen molar-refractivity contribution in [3.05, 3.63) is 53.6 Å². The fourth-order valence-electron chi connectivity index (χ4n) is 2.42. The number of hydrogen-bond acceptors (Lipinski definition) is 2. The van der Waals surface area contributed by atoms with Crippen molar-refractivity contribution in [3.63, 3.8) is 0 Å². The van der Waals surface area contributed by atoms with Gasteiger partial charge in [-0.05, 0) is 40.5 Å². The number of hydrogen-bond donors (Lipinski definition) is 2. The third kappa shape index (κ3) is 1.55. The van der Waals surface area contributed by atoms with Crippen molar-refractivity contribution < 1.29 is 9.90 Å². The zero-order valence-corrected chi connectivity index (χ0v) is 10.5. The van der Waals surface area contributed by atoms with Crippen molar-refractivity contribution >= 4 is 35.4 Å². The van der Waals surface area contributed by atoms with E-state index >= 15 is 0 Å². The largest absolute Gasteiger partial charge is 0.480 e. The summed E-state index contributed by atoms with van der Waals surface area (Å²) in [6.07, 6.45) is 4.26. The lowest BCUT2D eigenvalue weighted by atomic mass is 9.84. The summed E-state index contributed by atoms with van der Waals surface area (Å²) in [5, 5.41) is 11.6. The average molecular weight is 256 g/mol. The molecule has 0 saturated carbocycles. The normalized spacial score (nSPS) is 21.8. The zero-order chi connectivity index (χ0) is 12.8. The summed E-state index contributed by atoms with van der Waals surface area (Å²) >= 11 is 4.40. The summed E-state index contributed by atoms with van der Waals surface area (Å²) in [5.41, 5.74) is 1.72. The third-order valence-corrected chi connectivity index (χ3v) is 4.04. The summed E-state index contributed by atoms with van der Waals surface area (Å²) in [4.78, 5) is 11.5. The second-order valence-corrected chi connectivity index (χ2v) is 5.32. The van der Waals surface area contributed by atoms with Crippen LogP contribution >= 0.6 is 12.6 Å². The molecule has 1 unspecified atom stereocenters. The molecule has 0 radical (unpaired) electrons. The number of aliphatic carboxylic acids is 1. The molecule has 0 fully saturated rings. The average Bonchev–Trinajstić information content (AvgIpc) is 2.37. The Labute approximate surface area is 110 Å². The first-order valence-corrected chi connectivity index (χ1v) is 6.21. The van der Waals surface area contributed by atoms with Gasteiger partial charge in [0.15, 0.2) is 0 Å². The van der Waals surface area contributed by atoms with Crippen LogP contribution in [0.3, 0.4) is 0 Å². The minimum absolute atomic E-state index is 0.413. The Morgan fingerprint density at radius 2 is 1.89 bits per heavy atom. The van der Waals surface area contributed by atoms with Gasteiger partial charge >= 0.3 is 5.97 Å². The van der Waals surface area contributed by atoms with E-state index in [-0.39, 0.29) is 0 Å². The molecule has 0 spiro atoms. The van der Waals surface area contributed by atoms with E-state index in [2.05, 4.69) is 12.6 Å². The van der Waals surface area contributed by atoms with Crippen LogP contribution in [0.5, 0.6) is 0 Å². The fraction of sp³-hybridized carbons (Fsp3) is 0.133. The Balaban J connectivity index is 2.33. The van der Waals surface area contributed by atoms with Crippen molar-refractivity contribution in [1.82, 2.24) is 0 Å². The molecule has 0 aromatic heterocycles. The number of thiol groups is 1. The van der Waals surface area contributed by atoms with Crippen LogP contribution in [0.25, 0.3) is 16.8 Å². The van der Waals surface area contributed by atoms with E-state index in [1.54, 1.807) is 0 Å². The molecule has 3 rings (SSSR count). The molecular weight excluding hydrogens is 244 g/mol. The monoisotopic (exact) mass is 256 g/mol. The molecule has 0 saturated heterocycles. The fourth-order valence-corrected chi connectivity index (χ4v) is 2.72.